The van der Waals surface area contributed by atoms with Gasteiger partial charge in [-0.15, -0.1) is 0 Å². The van der Waals surface area contributed by atoms with Crippen LogP contribution in [0.1, 0.15) is 24.0 Å². The van der Waals surface area contributed by atoms with Gasteiger partial charge >= 0.3 is 6.09 Å². The normalized spacial score (nSPS) is 31.8. The fourth-order valence-corrected chi connectivity index (χ4v) is 5.65. The lowest BCUT2D eigenvalue weighted by atomic mass is 9.67. The Hall–Kier alpha value is -2.67. The molecule has 6 rings (SSSR count). The molecule has 3 fully saturated rings. The molecule has 0 aromatic heterocycles. The minimum Gasteiger partial charge on any atom is -0.439 e. The van der Waals surface area contributed by atoms with E-state index in [1.54, 1.807) is 0 Å². The minimum absolute atomic E-state index is 0.00404. The van der Waals surface area contributed by atoms with Gasteiger partial charge in [0.1, 0.15) is 6.10 Å². The fourth-order valence-electron chi connectivity index (χ4n) is 5.65. The molecule has 1 amide bonds. The Morgan fingerprint density at radius 3 is 2.28 bits per heavy atom. The van der Waals surface area contributed by atoms with E-state index in [4.69, 9.17) is 19.0 Å². The van der Waals surface area contributed by atoms with E-state index in [2.05, 4.69) is 48.5 Å². The van der Waals surface area contributed by atoms with Crippen LogP contribution in [0, 0.1) is 5.41 Å². The Labute approximate surface area is 187 Å². The van der Waals surface area contributed by atoms with Crippen molar-refractivity contribution in [2.45, 2.75) is 56.3 Å². The van der Waals surface area contributed by atoms with Gasteiger partial charge in [0.05, 0.1) is 18.8 Å². The van der Waals surface area contributed by atoms with E-state index in [1.165, 1.54) is 16.2 Å². The maximum absolute atomic E-state index is 13.2. The second-order valence-corrected chi connectivity index (χ2v) is 9.31. The van der Waals surface area contributed by atoms with Gasteiger partial charge in [0.25, 0.3) is 0 Å². The van der Waals surface area contributed by atoms with E-state index < -0.39 is 18.5 Å². The van der Waals surface area contributed by atoms with Crippen molar-refractivity contribution in [1.82, 2.24) is 5.06 Å². The number of nitrogens with zero attached hydrogens (tertiary/aromatic N) is 1. The van der Waals surface area contributed by atoms with Gasteiger partial charge in [-0.2, -0.15) is 5.06 Å². The van der Waals surface area contributed by atoms with Crippen LogP contribution in [0.3, 0.4) is 0 Å². The lowest BCUT2D eigenvalue weighted by molar-refractivity contribution is -0.220. The molecule has 1 aliphatic carbocycles. The smallest absolute Gasteiger partial charge is 0.435 e. The van der Waals surface area contributed by atoms with E-state index in [1.807, 2.05) is 24.3 Å². The zero-order chi connectivity index (χ0) is 21.5. The Morgan fingerprint density at radius 2 is 1.69 bits per heavy atom. The molecule has 32 heavy (non-hydrogen) atoms. The molecule has 0 radical (unpaired) electrons. The van der Waals surface area contributed by atoms with E-state index in [0.717, 1.165) is 25.7 Å². The van der Waals surface area contributed by atoms with Gasteiger partial charge in [-0.1, -0.05) is 72.8 Å². The SMILES string of the molecule is O=C(O[C@@H]1[C@@H]2OC[C@H](CC1(Cc1ccccc1)Cc1ccccc1)O2)N1OC2C=CC1C2. The van der Waals surface area contributed by atoms with Crippen LogP contribution in [-0.2, 0) is 31.9 Å². The van der Waals surface area contributed by atoms with E-state index >= 15 is 0 Å². The number of carbonyl (C=O) groups is 1. The standard InChI is InChI=1S/C26H27NO5/c28-25(27-20-11-12-21(13-20)32-27)31-23-24-29-17-22(30-24)16-26(23,14-18-7-3-1-4-8-18)15-19-9-5-2-6-10-19/h1-12,20-24H,13-17H2/t20?,21?,22-,23+,24+/m0/s1. The molecule has 2 unspecified atom stereocenters. The van der Waals surface area contributed by atoms with Gasteiger partial charge in [-0.3, -0.25) is 4.84 Å². The van der Waals surface area contributed by atoms with Crippen LogP contribution < -0.4 is 0 Å². The molecule has 3 aliphatic heterocycles. The van der Waals surface area contributed by atoms with E-state index in [-0.39, 0.29) is 23.7 Å². The second kappa shape index (κ2) is 8.03. The van der Waals surface area contributed by atoms with Crippen molar-refractivity contribution in [3.63, 3.8) is 0 Å². The summed E-state index contributed by atoms with van der Waals surface area (Å²) in [5, 5.41) is 1.38. The lowest BCUT2D eigenvalue weighted by Gasteiger charge is -2.46. The van der Waals surface area contributed by atoms with Crippen molar-refractivity contribution in [3.8, 4) is 0 Å². The predicted octanol–water partition coefficient (Wildman–Crippen LogP) is 4.05. The first-order valence-electron chi connectivity index (χ1n) is 11.4. The molecule has 0 N–H and O–H groups in total. The third-order valence-corrected chi connectivity index (χ3v) is 7.04. The zero-order valence-corrected chi connectivity index (χ0v) is 17.8. The molecule has 166 valence electrons. The number of rotatable bonds is 5. The van der Waals surface area contributed by atoms with Crippen LogP contribution in [-0.4, -0.2) is 48.4 Å². The summed E-state index contributed by atoms with van der Waals surface area (Å²) < 4.78 is 18.3. The molecular weight excluding hydrogens is 406 g/mol. The number of hydrogen-bond acceptors (Lipinski definition) is 5. The monoisotopic (exact) mass is 433 g/mol. The molecule has 6 heteroatoms. The summed E-state index contributed by atoms with van der Waals surface area (Å²) in [5.41, 5.74) is 2.08. The second-order valence-electron chi connectivity index (χ2n) is 9.31. The molecule has 4 aliphatic rings. The topological polar surface area (TPSA) is 57.2 Å². The van der Waals surface area contributed by atoms with Crippen LogP contribution in [0.5, 0.6) is 0 Å². The highest BCUT2D eigenvalue weighted by Crippen LogP contribution is 2.47. The molecule has 3 heterocycles. The average Bonchev–Trinajstić information content (AvgIpc) is 3.54. The van der Waals surface area contributed by atoms with Gasteiger partial charge in [0, 0.05) is 11.8 Å². The first-order chi connectivity index (χ1) is 15.7. The first-order valence-corrected chi connectivity index (χ1v) is 11.4. The Bertz CT molecular complexity index is 952. The molecule has 6 nitrogen and oxygen atoms in total. The zero-order valence-electron chi connectivity index (χ0n) is 17.8. The van der Waals surface area contributed by atoms with Crippen molar-refractivity contribution in [1.29, 1.82) is 0 Å². The largest absolute Gasteiger partial charge is 0.439 e. The molecule has 0 saturated carbocycles. The lowest BCUT2D eigenvalue weighted by Crippen LogP contribution is -2.55. The van der Waals surface area contributed by atoms with Crippen LogP contribution in [0.15, 0.2) is 72.8 Å². The molecular formula is C26H27NO5. The number of hydroxylamine groups is 2. The van der Waals surface area contributed by atoms with Gasteiger partial charge in [-0.25, -0.2) is 4.79 Å². The highest BCUT2D eigenvalue weighted by atomic mass is 16.8. The third kappa shape index (κ3) is 3.62. The fraction of sp³-hybridized carbons (Fsp3) is 0.423. The molecule has 2 aromatic carbocycles. The molecule has 3 saturated heterocycles. The van der Waals surface area contributed by atoms with Crippen molar-refractivity contribution in [3.05, 3.63) is 83.9 Å². The Kier molecular flexibility index (Phi) is 5.01. The summed E-state index contributed by atoms with van der Waals surface area (Å²) >= 11 is 0. The summed E-state index contributed by atoms with van der Waals surface area (Å²) in [6.45, 7) is 0.525. The maximum atomic E-state index is 13.2. The first kappa shape index (κ1) is 20.0. The highest BCUT2D eigenvalue weighted by Gasteiger charge is 2.56. The summed E-state index contributed by atoms with van der Waals surface area (Å²) in [5.74, 6) is 0. The Morgan fingerprint density at radius 1 is 1.00 bits per heavy atom. The van der Waals surface area contributed by atoms with Crippen LogP contribution in [0.25, 0.3) is 0 Å². The number of fused-ring (bicyclic) bond motifs is 4. The van der Waals surface area contributed by atoms with Gasteiger partial charge in [-0.05, 0) is 30.4 Å². The Balaban J connectivity index is 1.34. The van der Waals surface area contributed by atoms with Gasteiger partial charge in [0.2, 0.25) is 0 Å². The van der Waals surface area contributed by atoms with Crippen molar-refractivity contribution >= 4 is 6.09 Å². The van der Waals surface area contributed by atoms with E-state index in [9.17, 15) is 4.79 Å². The minimum atomic E-state index is -0.569. The number of ether oxygens (including phenoxy) is 3. The summed E-state index contributed by atoms with van der Waals surface area (Å²) in [4.78, 5) is 18.9. The van der Waals surface area contributed by atoms with Crippen LogP contribution in [0.4, 0.5) is 4.79 Å². The summed E-state index contributed by atoms with van der Waals surface area (Å²) in [6, 6.07) is 20.7. The average molecular weight is 434 g/mol. The van der Waals surface area contributed by atoms with E-state index in [0.29, 0.717) is 6.61 Å². The number of benzene rings is 2. The number of amides is 1. The number of hydrogen-bond donors (Lipinski definition) is 0. The molecule has 4 bridgehead atoms. The van der Waals surface area contributed by atoms with Crippen molar-refractivity contribution in [2.24, 2.45) is 5.41 Å². The molecule has 2 aromatic rings. The third-order valence-electron chi connectivity index (χ3n) is 7.04. The molecule has 0 spiro atoms. The molecule has 5 atom stereocenters. The van der Waals surface area contributed by atoms with Crippen molar-refractivity contribution < 1.29 is 23.8 Å². The van der Waals surface area contributed by atoms with Gasteiger partial charge in [0.15, 0.2) is 12.4 Å². The summed E-state index contributed by atoms with van der Waals surface area (Å²) in [7, 11) is 0. The van der Waals surface area contributed by atoms with Gasteiger partial charge < -0.3 is 14.2 Å². The highest BCUT2D eigenvalue weighted by molar-refractivity contribution is 5.68. The van der Waals surface area contributed by atoms with Crippen LogP contribution >= 0.6 is 0 Å². The number of carbonyl (C=O) groups excluding carboxylic acids is 1. The van der Waals surface area contributed by atoms with Crippen molar-refractivity contribution in [2.75, 3.05) is 6.61 Å². The maximum Gasteiger partial charge on any atom is 0.435 e. The predicted molar refractivity (Wildman–Crippen MR) is 116 cm³/mol. The summed E-state index contributed by atoms with van der Waals surface area (Å²) in [6.07, 6.45) is 5.49. The quantitative estimate of drug-likeness (QED) is 0.666. The van der Waals surface area contributed by atoms with Crippen LogP contribution in [0.2, 0.25) is 0 Å².